The summed E-state index contributed by atoms with van der Waals surface area (Å²) in [6.45, 7) is 0. The molecule has 0 amide bonds. The van der Waals surface area contributed by atoms with Crippen molar-refractivity contribution in [2.45, 2.75) is 5.92 Å². The molecule has 0 radical (unpaired) electrons. The number of esters is 2. The first-order chi connectivity index (χ1) is 8.19. The highest BCUT2D eigenvalue weighted by Crippen LogP contribution is 2.36. The van der Waals surface area contributed by atoms with E-state index in [1.54, 1.807) is 12.1 Å². The Labute approximate surface area is 98.8 Å². The van der Waals surface area contributed by atoms with E-state index in [0.29, 0.717) is 5.57 Å². The number of rotatable bonds is 2. The Morgan fingerprint density at radius 3 is 2.47 bits per heavy atom. The van der Waals surface area contributed by atoms with Gasteiger partial charge in [-0.15, -0.1) is 0 Å². The molecule has 17 heavy (non-hydrogen) atoms. The lowest BCUT2D eigenvalue weighted by Gasteiger charge is -2.07. The molecule has 2 rings (SSSR count). The SMILES string of the molecule is COC(=O)C1=CC(C(=O)OC)c2ccccc21. The molecule has 0 saturated heterocycles. The van der Waals surface area contributed by atoms with Crippen molar-refractivity contribution in [2.24, 2.45) is 0 Å². The maximum Gasteiger partial charge on any atom is 0.338 e. The van der Waals surface area contributed by atoms with Gasteiger partial charge in [0, 0.05) is 0 Å². The van der Waals surface area contributed by atoms with Crippen molar-refractivity contribution >= 4 is 17.5 Å². The zero-order valence-electron chi connectivity index (χ0n) is 9.60. The van der Waals surface area contributed by atoms with Crippen LogP contribution in [0.15, 0.2) is 30.3 Å². The van der Waals surface area contributed by atoms with Crippen LogP contribution in [0, 0.1) is 0 Å². The molecule has 0 bridgehead atoms. The van der Waals surface area contributed by atoms with E-state index in [2.05, 4.69) is 0 Å². The summed E-state index contributed by atoms with van der Waals surface area (Å²) in [6, 6.07) is 7.24. The smallest absolute Gasteiger partial charge is 0.338 e. The summed E-state index contributed by atoms with van der Waals surface area (Å²) in [5, 5.41) is 0. The summed E-state index contributed by atoms with van der Waals surface area (Å²) in [7, 11) is 2.65. The third-order valence-electron chi connectivity index (χ3n) is 2.78. The van der Waals surface area contributed by atoms with E-state index in [1.807, 2.05) is 18.2 Å². The van der Waals surface area contributed by atoms with Crippen LogP contribution in [0.5, 0.6) is 0 Å². The average Bonchev–Trinajstić information content (AvgIpc) is 2.76. The predicted octanol–water partition coefficient (Wildman–Crippen LogP) is 1.51. The molecule has 88 valence electrons. The van der Waals surface area contributed by atoms with E-state index in [-0.39, 0.29) is 5.97 Å². The molecular weight excluding hydrogens is 220 g/mol. The van der Waals surface area contributed by atoms with Crippen LogP contribution in [0.1, 0.15) is 17.0 Å². The largest absolute Gasteiger partial charge is 0.468 e. The summed E-state index contributed by atoms with van der Waals surface area (Å²) in [6.07, 6.45) is 1.59. The molecule has 0 heterocycles. The lowest BCUT2D eigenvalue weighted by molar-refractivity contribution is -0.141. The van der Waals surface area contributed by atoms with Gasteiger partial charge in [-0.3, -0.25) is 4.79 Å². The second kappa shape index (κ2) is 4.41. The van der Waals surface area contributed by atoms with Gasteiger partial charge in [-0.1, -0.05) is 30.3 Å². The normalized spacial score (nSPS) is 17.1. The first kappa shape index (κ1) is 11.4. The molecule has 1 aromatic rings. The van der Waals surface area contributed by atoms with Crippen LogP contribution in [0.2, 0.25) is 0 Å². The number of hydrogen-bond donors (Lipinski definition) is 0. The summed E-state index contributed by atoms with van der Waals surface area (Å²) in [5.74, 6) is -1.34. The molecule has 1 aromatic carbocycles. The minimum atomic E-state index is -0.523. The van der Waals surface area contributed by atoms with Gasteiger partial charge in [-0.25, -0.2) is 4.79 Å². The lowest BCUT2D eigenvalue weighted by atomic mass is 10.0. The second-order valence-corrected chi connectivity index (χ2v) is 3.66. The van der Waals surface area contributed by atoms with Crippen molar-refractivity contribution in [2.75, 3.05) is 14.2 Å². The lowest BCUT2D eigenvalue weighted by Crippen LogP contribution is -2.10. The van der Waals surface area contributed by atoms with Gasteiger partial charge in [0.05, 0.1) is 19.8 Å². The summed E-state index contributed by atoms with van der Waals surface area (Å²) in [4.78, 5) is 23.2. The van der Waals surface area contributed by atoms with E-state index in [4.69, 9.17) is 9.47 Å². The third-order valence-corrected chi connectivity index (χ3v) is 2.78. The summed E-state index contributed by atoms with van der Waals surface area (Å²) in [5.41, 5.74) is 1.92. The van der Waals surface area contributed by atoms with E-state index < -0.39 is 11.9 Å². The minimum absolute atomic E-state index is 0.378. The first-order valence-electron chi connectivity index (χ1n) is 5.16. The maximum absolute atomic E-state index is 11.6. The molecule has 0 aliphatic heterocycles. The quantitative estimate of drug-likeness (QED) is 0.725. The van der Waals surface area contributed by atoms with Crippen LogP contribution in [0.3, 0.4) is 0 Å². The van der Waals surface area contributed by atoms with Gasteiger partial charge in [0.1, 0.15) is 5.92 Å². The van der Waals surface area contributed by atoms with E-state index in [1.165, 1.54) is 14.2 Å². The topological polar surface area (TPSA) is 52.6 Å². The Kier molecular flexibility index (Phi) is 2.95. The van der Waals surface area contributed by atoms with Gasteiger partial charge >= 0.3 is 11.9 Å². The monoisotopic (exact) mass is 232 g/mol. The van der Waals surface area contributed by atoms with Crippen LogP contribution in [-0.4, -0.2) is 26.2 Å². The maximum atomic E-state index is 11.6. The Morgan fingerprint density at radius 2 is 1.82 bits per heavy atom. The van der Waals surface area contributed by atoms with Crippen molar-refractivity contribution < 1.29 is 19.1 Å². The highest BCUT2D eigenvalue weighted by molar-refractivity contribution is 6.19. The Morgan fingerprint density at radius 1 is 1.12 bits per heavy atom. The van der Waals surface area contributed by atoms with Crippen molar-refractivity contribution in [1.82, 2.24) is 0 Å². The molecule has 0 aromatic heterocycles. The minimum Gasteiger partial charge on any atom is -0.468 e. The molecule has 1 aliphatic carbocycles. The van der Waals surface area contributed by atoms with Gasteiger partial charge < -0.3 is 9.47 Å². The molecule has 1 atom stereocenters. The van der Waals surface area contributed by atoms with Gasteiger partial charge in [-0.05, 0) is 11.1 Å². The van der Waals surface area contributed by atoms with Crippen molar-refractivity contribution in [3.63, 3.8) is 0 Å². The van der Waals surface area contributed by atoms with Gasteiger partial charge in [0.2, 0.25) is 0 Å². The van der Waals surface area contributed by atoms with Crippen LogP contribution in [0.25, 0.3) is 5.57 Å². The molecule has 4 heteroatoms. The fourth-order valence-corrected chi connectivity index (χ4v) is 1.97. The van der Waals surface area contributed by atoms with E-state index in [9.17, 15) is 9.59 Å². The number of methoxy groups -OCH3 is 2. The molecule has 0 spiro atoms. The average molecular weight is 232 g/mol. The van der Waals surface area contributed by atoms with Crippen molar-refractivity contribution in [3.8, 4) is 0 Å². The molecule has 1 aliphatic rings. The Balaban J connectivity index is 2.49. The summed E-state index contributed by atoms with van der Waals surface area (Å²) < 4.78 is 9.41. The number of carbonyl (C=O) groups is 2. The van der Waals surface area contributed by atoms with Crippen LogP contribution >= 0.6 is 0 Å². The highest BCUT2D eigenvalue weighted by Gasteiger charge is 2.32. The number of ether oxygens (including phenoxy) is 2. The third kappa shape index (κ3) is 1.82. The number of benzene rings is 1. The number of hydrogen-bond acceptors (Lipinski definition) is 4. The molecule has 0 fully saturated rings. The molecular formula is C13H12O4. The first-order valence-corrected chi connectivity index (χ1v) is 5.16. The Bertz CT molecular complexity index is 502. The van der Waals surface area contributed by atoms with Gasteiger partial charge in [-0.2, -0.15) is 0 Å². The molecule has 0 saturated carbocycles. The standard InChI is InChI=1S/C13H12O4/c1-16-12(14)10-7-11(13(15)17-2)9-6-4-3-5-8(9)10/h3-7,10H,1-2H3. The molecule has 0 N–H and O–H groups in total. The predicted molar refractivity (Wildman–Crippen MR) is 61.2 cm³/mol. The van der Waals surface area contributed by atoms with Crippen molar-refractivity contribution in [3.05, 3.63) is 41.5 Å². The van der Waals surface area contributed by atoms with Gasteiger partial charge in [0.15, 0.2) is 0 Å². The molecule has 1 unspecified atom stereocenters. The molecule has 4 nitrogen and oxygen atoms in total. The highest BCUT2D eigenvalue weighted by atomic mass is 16.5. The number of fused-ring (bicyclic) bond motifs is 1. The van der Waals surface area contributed by atoms with Crippen LogP contribution in [-0.2, 0) is 19.1 Å². The van der Waals surface area contributed by atoms with Crippen molar-refractivity contribution in [1.29, 1.82) is 0 Å². The zero-order valence-corrected chi connectivity index (χ0v) is 9.60. The number of carbonyl (C=O) groups excluding carboxylic acids is 2. The summed E-state index contributed by atoms with van der Waals surface area (Å²) >= 11 is 0. The second-order valence-electron chi connectivity index (χ2n) is 3.66. The fourth-order valence-electron chi connectivity index (χ4n) is 1.97. The van der Waals surface area contributed by atoms with E-state index in [0.717, 1.165) is 11.1 Å². The Hall–Kier alpha value is -2.10. The van der Waals surface area contributed by atoms with Crippen LogP contribution in [0.4, 0.5) is 0 Å². The van der Waals surface area contributed by atoms with Crippen LogP contribution < -0.4 is 0 Å². The van der Waals surface area contributed by atoms with Gasteiger partial charge in [0.25, 0.3) is 0 Å². The van der Waals surface area contributed by atoms with E-state index >= 15 is 0 Å². The fraction of sp³-hybridized carbons (Fsp3) is 0.231. The zero-order chi connectivity index (χ0) is 12.4.